The van der Waals surface area contributed by atoms with Crippen molar-refractivity contribution in [2.24, 2.45) is 0 Å². The van der Waals surface area contributed by atoms with Crippen molar-refractivity contribution in [1.29, 1.82) is 0 Å². The SMILES string of the molecule is c1ccc(-c2nc(-c3ccccc3)nc(-c3c(-n4c5ccccc5c5ccccc54)ccc4sc5cccc(-c6cccc7c6sc6ccccc67)c5c34)n2)cc1. The first-order chi connectivity index (χ1) is 28.3. The topological polar surface area (TPSA) is 43.6 Å². The maximum Gasteiger partial charge on any atom is 0.166 e. The number of nitrogens with zero attached hydrogens (tertiary/aromatic N) is 4. The van der Waals surface area contributed by atoms with E-state index in [4.69, 9.17) is 15.0 Å². The number of aromatic nitrogens is 4. The van der Waals surface area contributed by atoms with Crippen LogP contribution in [-0.2, 0) is 0 Å². The highest BCUT2D eigenvalue weighted by Gasteiger charge is 2.25. The zero-order valence-electron chi connectivity index (χ0n) is 30.4. The summed E-state index contributed by atoms with van der Waals surface area (Å²) in [4.78, 5) is 16.0. The molecule has 4 aromatic heterocycles. The van der Waals surface area contributed by atoms with Gasteiger partial charge in [0.2, 0.25) is 0 Å². The molecule has 12 aromatic rings. The Morgan fingerprint density at radius 1 is 0.351 bits per heavy atom. The van der Waals surface area contributed by atoms with E-state index in [0.717, 1.165) is 38.8 Å². The van der Waals surface area contributed by atoms with E-state index in [9.17, 15) is 0 Å². The molecule has 0 spiro atoms. The van der Waals surface area contributed by atoms with Gasteiger partial charge in [-0.15, -0.1) is 22.7 Å². The van der Waals surface area contributed by atoms with Crippen LogP contribution >= 0.6 is 22.7 Å². The van der Waals surface area contributed by atoms with Gasteiger partial charge in [-0.25, -0.2) is 15.0 Å². The number of fused-ring (bicyclic) bond motifs is 9. The zero-order valence-corrected chi connectivity index (χ0v) is 32.1. The second-order valence-corrected chi connectivity index (χ2v) is 16.4. The maximum absolute atomic E-state index is 5.42. The van der Waals surface area contributed by atoms with Gasteiger partial charge in [-0.3, -0.25) is 0 Å². The van der Waals surface area contributed by atoms with Crippen LogP contribution in [0, 0.1) is 0 Å². The molecule has 0 unspecified atom stereocenters. The second-order valence-electron chi connectivity index (χ2n) is 14.3. The van der Waals surface area contributed by atoms with Crippen molar-refractivity contribution >= 4 is 84.8 Å². The summed E-state index contributed by atoms with van der Waals surface area (Å²) in [5.74, 6) is 1.92. The van der Waals surface area contributed by atoms with Gasteiger partial charge in [0.05, 0.1) is 22.3 Å². The third-order valence-corrected chi connectivity index (χ3v) is 13.4. The lowest BCUT2D eigenvalue weighted by Gasteiger charge is -2.17. The first-order valence-corrected chi connectivity index (χ1v) is 20.7. The molecule has 4 heterocycles. The molecule has 0 saturated heterocycles. The Balaban J connectivity index is 1.26. The normalized spacial score (nSPS) is 11.9. The van der Waals surface area contributed by atoms with Crippen LogP contribution < -0.4 is 0 Å². The Hall–Kier alpha value is -6.99. The molecule has 12 rings (SSSR count). The number of para-hydroxylation sites is 2. The van der Waals surface area contributed by atoms with E-state index >= 15 is 0 Å². The number of thiophene rings is 2. The van der Waals surface area contributed by atoms with Gasteiger partial charge in [-0.1, -0.05) is 146 Å². The molecule has 0 atom stereocenters. The minimum absolute atomic E-state index is 0.638. The fraction of sp³-hybridized carbons (Fsp3) is 0. The zero-order chi connectivity index (χ0) is 37.5. The van der Waals surface area contributed by atoms with Crippen molar-refractivity contribution in [3.05, 3.63) is 182 Å². The summed E-state index contributed by atoms with van der Waals surface area (Å²) < 4.78 is 7.41. The van der Waals surface area contributed by atoms with Crippen molar-refractivity contribution in [3.63, 3.8) is 0 Å². The monoisotopic (exact) mass is 762 g/mol. The first kappa shape index (κ1) is 32.3. The molecule has 8 aromatic carbocycles. The van der Waals surface area contributed by atoms with Crippen molar-refractivity contribution in [1.82, 2.24) is 19.5 Å². The molecular weight excluding hydrogens is 733 g/mol. The van der Waals surface area contributed by atoms with Crippen LogP contribution in [0.4, 0.5) is 0 Å². The van der Waals surface area contributed by atoms with E-state index < -0.39 is 0 Å². The summed E-state index contributed by atoms with van der Waals surface area (Å²) in [6, 6.07) is 64.7. The lowest BCUT2D eigenvalue weighted by atomic mass is 9.95. The number of hydrogen-bond acceptors (Lipinski definition) is 5. The summed E-state index contributed by atoms with van der Waals surface area (Å²) in [5.41, 5.74) is 8.60. The van der Waals surface area contributed by atoms with Gasteiger partial charge < -0.3 is 4.57 Å². The molecule has 0 aliphatic heterocycles. The van der Waals surface area contributed by atoms with E-state index in [-0.39, 0.29) is 0 Å². The highest BCUT2D eigenvalue weighted by Crippen LogP contribution is 2.49. The lowest BCUT2D eigenvalue weighted by molar-refractivity contribution is 1.07. The van der Waals surface area contributed by atoms with Crippen molar-refractivity contribution in [3.8, 4) is 51.0 Å². The predicted molar refractivity (Wildman–Crippen MR) is 242 cm³/mol. The Bertz CT molecular complexity index is 3410. The van der Waals surface area contributed by atoms with Gasteiger partial charge in [0.1, 0.15) is 0 Å². The third-order valence-electron chi connectivity index (χ3n) is 11.1. The maximum atomic E-state index is 5.42. The number of hydrogen-bond donors (Lipinski definition) is 0. The summed E-state index contributed by atoms with van der Waals surface area (Å²) in [7, 11) is 0. The average molecular weight is 763 g/mol. The van der Waals surface area contributed by atoms with E-state index in [2.05, 4.69) is 150 Å². The molecular formula is C51H30N4S2. The molecule has 57 heavy (non-hydrogen) atoms. The Morgan fingerprint density at radius 3 is 1.58 bits per heavy atom. The summed E-state index contributed by atoms with van der Waals surface area (Å²) in [6.07, 6.45) is 0. The van der Waals surface area contributed by atoms with Crippen LogP contribution in [-0.4, -0.2) is 19.5 Å². The largest absolute Gasteiger partial charge is 0.308 e. The van der Waals surface area contributed by atoms with E-state index in [0.29, 0.717) is 17.5 Å². The molecule has 0 aliphatic carbocycles. The average Bonchev–Trinajstić information content (AvgIpc) is 3.96. The van der Waals surface area contributed by atoms with Gasteiger partial charge in [0.25, 0.3) is 0 Å². The fourth-order valence-corrected chi connectivity index (χ4v) is 11.0. The summed E-state index contributed by atoms with van der Waals surface area (Å²) in [5, 5.41) is 7.35. The second kappa shape index (κ2) is 12.8. The standard InChI is InChI=1S/C51H30N4S2/c1-3-15-31(16-4-1)49-52-50(32-17-5-2-6-18-32)54-51(53-49)46-41(55-39-25-10-7-19-33(39)34-20-8-11-26-40(34)55)29-30-44-47(46)45-36(22-14-28-43(45)56-44)38-24-13-23-37-35-21-9-12-27-42(35)57-48(37)38/h1-30H. The van der Waals surface area contributed by atoms with Crippen LogP contribution in [0.2, 0.25) is 0 Å². The molecule has 4 nitrogen and oxygen atoms in total. The summed E-state index contributed by atoms with van der Waals surface area (Å²) >= 11 is 3.70. The molecule has 0 aliphatic rings. The molecule has 266 valence electrons. The van der Waals surface area contributed by atoms with Crippen LogP contribution in [0.5, 0.6) is 0 Å². The lowest BCUT2D eigenvalue weighted by Crippen LogP contribution is -2.04. The van der Waals surface area contributed by atoms with Crippen molar-refractivity contribution in [2.75, 3.05) is 0 Å². The third kappa shape index (κ3) is 5.01. The van der Waals surface area contributed by atoms with Crippen LogP contribution in [0.25, 0.3) is 113 Å². The Kier molecular flexibility index (Phi) is 7.24. The van der Waals surface area contributed by atoms with Crippen LogP contribution in [0.15, 0.2) is 182 Å². The number of benzene rings is 8. The van der Waals surface area contributed by atoms with Gasteiger partial charge in [0, 0.05) is 67.8 Å². The number of rotatable bonds is 5. The molecule has 0 bridgehead atoms. The van der Waals surface area contributed by atoms with Gasteiger partial charge >= 0.3 is 0 Å². The minimum Gasteiger partial charge on any atom is -0.308 e. The van der Waals surface area contributed by atoms with Crippen LogP contribution in [0.3, 0.4) is 0 Å². The quantitative estimate of drug-likeness (QED) is 0.175. The van der Waals surface area contributed by atoms with Crippen molar-refractivity contribution < 1.29 is 0 Å². The molecule has 0 saturated carbocycles. The minimum atomic E-state index is 0.638. The Labute approximate surface area is 335 Å². The van der Waals surface area contributed by atoms with Gasteiger partial charge in [0.15, 0.2) is 17.5 Å². The summed E-state index contributed by atoms with van der Waals surface area (Å²) in [6.45, 7) is 0. The van der Waals surface area contributed by atoms with Crippen molar-refractivity contribution in [2.45, 2.75) is 0 Å². The first-order valence-electron chi connectivity index (χ1n) is 19.0. The smallest absolute Gasteiger partial charge is 0.166 e. The molecule has 0 fully saturated rings. The molecule has 0 radical (unpaired) electrons. The van der Waals surface area contributed by atoms with Gasteiger partial charge in [-0.05, 0) is 42.0 Å². The van der Waals surface area contributed by atoms with E-state index in [1.807, 2.05) is 59.1 Å². The van der Waals surface area contributed by atoms with E-state index in [1.54, 1.807) is 0 Å². The molecule has 0 amide bonds. The predicted octanol–water partition coefficient (Wildman–Crippen LogP) is 14.4. The fourth-order valence-electron chi connectivity index (χ4n) is 8.60. The molecule has 0 N–H and O–H groups in total. The van der Waals surface area contributed by atoms with Gasteiger partial charge in [-0.2, -0.15) is 0 Å². The van der Waals surface area contributed by atoms with Crippen LogP contribution in [0.1, 0.15) is 0 Å². The highest BCUT2D eigenvalue weighted by molar-refractivity contribution is 7.27. The van der Waals surface area contributed by atoms with E-state index in [1.165, 1.54) is 56.9 Å². The Morgan fingerprint density at radius 2 is 0.877 bits per heavy atom. The highest BCUT2D eigenvalue weighted by atomic mass is 32.1. The molecule has 6 heteroatoms.